The van der Waals surface area contributed by atoms with Crippen LogP contribution in [0.5, 0.6) is 5.75 Å². The fourth-order valence-corrected chi connectivity index (χ4v) is 2.09. The Labute approximate surface area is 110 Å². The minimum atomic E-state index is 0.493. The molecular weight excluding hydrogens is 240 g/mol. The first-order valence-corrected chi connectivity index (χ1v) is 5.96. The second-order valence-corrected chi connectivity index (χ2v) is 4.27. The van der Waals surface area contributed by atoms with Gasteiger partial charge in [0.15, 0.2) is 0 Å². The first kappa shape index (κ1) is 11.5. The highest BCUT2D eigenvalue weighted by molar-refractivity contribution is 5.80. The summed E-state index contributed by atoms with van der Waals surface area (Å²) in [5.74, 6) is 1.28. The van der Waals surface area contributed by atoms with Crippen molar-refractivity contribution in [2.24, 2.45) is 0 Å². The minimum Gasteiger partial charge on any atom is -0.497 e. The van der Waals surface area contributed by atoms with Crippen LogP contribution in [0.1, 0.15) is 5.56 Å². The molecule has 0 radical (unpaired) electrons. The zero-order valence-corrected chi connectivity index (χ0v) is 10.6. The number of imidazole rings is 1. The van der Waals surface area contributed by atoms with Gasteiger partial charge >= 0.3 is 0 Å². The Balaban J connectivity index is 2.09. The Bertz CT molecular complexity index is 706. The molecule has 5 nitrogen and oxygen atoms in total. The fraction of sp³-hybridized carbons (Fsp3) is 0.143. The molecule has 3 aromatic rings. The number of hydrogen-bond donors (Lipinski definition) is 1. The summed E-state index contributed by atoms with van der Waals surface area (Å²) in [7, 11) is 1.65. The number of rotatable bonds is 3. The Morgan fingerprint density at radius 3 is 2.95 bits per heavy atom. The third kappa shape index (κ3) is 2.10. The van der Waals surface area contributed by atoms with E-state index in [0.717, 1.165) is 22.3 Å². The predicted molar refractivity (Wildman–Crippen MR) is 74.0 cm³/mol. The molecular formula is C14H14N4O. The maximum absolute atomic E-state index is 5.98. The van der Waals surface area contributed by atoms with E-state index in [2.05, 4.69) is 9.97 Å². The number of ether oxygens (including phenoxy) is 1. The molecule has 0 amide bonds. The van der Waals surface area contributed by atoms with Gasteiger partial charge in [-0.25, -0.2) is 4.98 Å². The van der Waals surface area contributed by atoms with Gasteiger partial charge in [-0.3, -0.25) is 4.98 Å². The Morgan fingerprint density at radius 1 is 1.32 bits per heavy atom. The lowest BCUT2D eigenvalue weighted by Gasteiger charge is -2.07. The standard InChI is InChI=1S/C14H14N4O/c1-19-11-4-5-12-13(7-11)18(14(15)17-12)9-10-3-2-6-16-8-10/h2-8H,9H2,1H3,(H2,15,17). The number of aromatic nitrogens is 3. The Kier molecular flexibility index (Phi) is 2.79. The van der Waals surface area contributed by atoms with Crippen molar-refractivity contribution < 1.29 is 4.74 Å². The number of hydrogen-bond acceptors (Lipinski definition) is 4. The minimum absolute atomic E-state index is 0.493. The molecule has 19 heavy (non-hydrogen) atoms. The van der Waals surface area contributed by atoms with Crippen molar-refractivity contribution in [1.29, 1.82) is 0 Å². The van der Waals surface area contributed by atoms with Gasteiger partial charge in [0.25, 0.3) is 0 Å². The van der Waals surface area contributed by atoms with Gasteiger partial charge in [-0.2, -0.15) is 0 Å². The molecule has 96 valence electrons. The van der Waals surface area contributed by atoms with E-state index in [-0.39, 0.29) is 0 Å². The number of nitrogen functional groups attached to an aromatic ring is 1. The van der Waals surface area contributed by atoms with Crippen molar-refractivity contribution in [3.8, 4) is 5.75 Å². The van der Waals surface area contributed by atoms with Crippen LogP contribution in [0.4, 0.5) is 5.95 Å². The molecule has 2 N–H and O–H groups in total. The van der Waals surface area contributed by atoms with Crippen LogP contribution in [-0.2, 0) is 6.54 Å². The second kappa shape index (κ2) is 4.61. The maximum atomic E-state index is 5.98. The van der Waals surface area contributed by atoms with Gasteiger partial charge in [0.2, 0.25) is 5.95 Å². The van der Waals surface area contributed by atoms with Gasteiger partial charge in [0.1, 0.15) is 5.75 Å². The highest BCUT2D eigenvalue weighted by Crippen LogP contribution is 2.23. The molecule has 0 fully saturated rings. The van der Waals surface area contributed by atoms with E-state index in [4.69, 9.17) is 10.5 Å². The van der Waals surface area contributed by atoms with E-state index < -0.39 is 0 Å². The average molecular weight is 254 g/mol. The van der Waals surface area contributed by atoms with Gasteiger partial charge in [0.05, 0.1) is 24.7 Å². The van der Waals surface area contributed by atoms with Crippen molar-refractivity contribution in [1.82, 2.24) is 14.5 Å². The molecule has 1 aromatic carbocycles. The molecule has 0 bridgehead atoms. The Morgan fingerprint density at radius 2 is 2.21 bits per heavy atom. The molecule has 0 unspecified atom stereocenters. The largest absolute Gasteiger partial charge is 0.497 e. The molecule has 0 saturated carbocycles. The molecule has 0 aliphatic rings. The number of methoxy groups -OCH3 is 1. The number of anilines is 1. The molecule has 0 atom stereocenters. The van der Waals surface area contributed by atoms with Crippen LogP contribution in [0.3, 0.4) is 0 Å². The molecule has 0 aliphatic carbocycles. The van der Waals surface area contributed by atoms with E-state index in [1.165, 1.54) is 0 Å². The quantitative estimate of drug-likeness (QED) is 0.777. The summed E-state index contributed by atoms with van der Waals surface area (Å²) in [6.07, 6.45) is 3.58. The van der Waals surface area contributed by atoms with Crippen LogP contribution in [0.2, 0.25) is 0 Å². The Hall–Kier alpha value is -2.56. The lowest BCUT2D eigenvalue weighted by molar-refractivity contribution is 0.415. The van der Waals surface area contributed by atoms with Crippen LogP contribution < -0.4 is 10.5 Å². The molecule has 3 rings (SSSR count). The van der Waals surface area contributed by atoms with E-state index in [0.29, 0.717) is 12.5 Å². The van der Waals surface area contributed by atoms with Gasteiger partial charge in [-0.05, 0) is 23.8 Å². The first-order valence-electron chi connectivity index (χ1n) is 5.96. The van der Waals surface area contributed by atoms with E-state index in [1.54, 1.807) is 13.3 Å². The smallest absolute Gasteiger partial charge is 0.201 e. The van der Waals surface area contributed by atoms with Gasteiger partial charge in [-0.15, -0.1) is 0 Å². The molecule has 5 heteroatoms. The summed E-state index contributed by atoms with van der Waals surface area (Å²) in [4.78, 5) is 8.46. The van der Waals surface area contributed by atoms with Crippen molar-refractivity contribution in [3.63, 3.8) is 0 Å². The van der Waals surface area contributed by atoms with Crippen LogP contribution in [0.15, 0.2) is 42.7 Å². The average Bonchev–Trinajstić information content (AvgIpc) is 2.76. The summed E-state index contributed by atoms with van der Waals surface area (Å²) in [6.45, 7) is 0.642. The van der Waals surface area contributed by atoms with Gasteiger partial charge < -0.3 is 15.0 Å². The highest BCUT2D eigenvalue weighted by Gasteiger charge is 2.09. The van der Waals surface area contributed by atoms with E-state index in [1.807, 2.05) is 41.1 Å². The molecule has 2 aromatic heterocycles. The monoisotopic (exact) mass is 254 g/mol. The summed E-state index contributed by atoms with van der Waals surface area (Å²) >= 11 is 0. The van der Waals surface area contributed by atoms with E-state index >= 15 is 0 Å². The number of fused-ring (bicyclic) bond motifs is 1. The summed E-state index contributed by atoms with van der Waals surface area (Å²) in [6, 6.07) is 9.65. The first-order chi connectivity index (χ1) is 9.28. The van der Waals surface area contributed by atoms with Crippen molar-refractivity contribution in [3.05, 3.63) is 48.3 Å². The molecule has 0 spiro atoms. The third-order valence-electron chi connectivity index (χ3n) is 3.05. The predicted octanol–water partition coefficient (Wildman–Crippen LogP) is 2.07. The zero-order valence-electron chi connectivity index (χ0n) is 10.6. The molecule has 2 heterocycles. The van der Waals surface area contributed by atoms with Crippen LogP contribution >= 0.6 is 0 Å². The van der Waals surface area contributed by atoms with Crippen LogP contribution in [0, 0.1) is 0 Å². The van der Waals surface area contributed by atoms with Crippen molar-refractivity contribution >= 4 is 17.0 Å². The van der Waals surface area contributed by atoms with Crippen LogP contribution in [-0.4, -0.2) is 21.6 Å². The van der Waals surface area contributed by atoms with Crippen molar-refractivity contribution in [2.75, 3.05) is 12.8 Å². The lowest BCUT2D eigenvalue weighted by atomic mass is 10.2. The van der Waals surface area contributed by atoms with E-state index in [9.17, 15) is 0 Å². The third-order valence-corrected chi connectivity index (χ3v) is 3.05. The number of nitrogens with two attached hydrogens (primary N) is 1. The maximum Gasteiger partial charge on any atom is 0.201 e. The van der Waals surface area contributed by atoms with Gasteiger partial charge in [0, 0.05) is 18.5 Å². The van der Waals surface area contributed by atoms with Crippen molar-refractivity contribution in [2.45, 2.75) is 6.54 Å². The SMILES string of the molecule is COc1ccc2nc(N)n(Cc3cccnc3)c2c1. The topological polar surface area (TPSA) is 66.0 Å². The number of nitrogens with zero attached hydrogens (tertiary/aromatic N) is 3. The number of benzene rings is 1. The van der Waals surface area contributed by atoms with Crippen LogP contribution in [0.25, 0.3) is 11.0 Å². The summed E-state index contributed by atoms with van der Waals surface area (Å²) < 4.78 is 7.20. The summed E-state index contributed by atoms with van der Waals surface area (Å²) in [5, 5.41) is 0. The lowest BCUT2D eigenvalue weighted by Crippen LogP contribution is -2.04. The zero-order chi connectivity index (χ0) is 13.2. The summed E-state index contributed by atoms with van der Waals surface area (Å²) in [5.41, 5.74) is 8.89. The molecule has 0 aliphatic heterocycles. The molecule has 0 saturated heterocycles. The normalized spacial score (nSPS) is 10.8. The second-order valence-electron chi connectivity index (χ2n) is 4.27. The fourth-order valence-electron chi connectivity index (χ4n) is 2.09. The number of pyridine rings is 1. The van der Waals surface area contributed by atoms with Gasteiger partial charge in [-0.1, -0.05) is 6.07 Å². The highest BCUT2D eigenvalue weighted by atomic mass is 16.5.